The molecule has 0 aliphatic carbocycles. The quantitative estimate of drug-likeness (QED) is 0.861. The Morgan fingerprint density at radius 1 is 1.43 bits per heavy atom. The fourth-order valence-electron chi connectivity index (χ4n) is 3.02. The molecule has 122 valence electrons. The third kappa shape index (κ3) is 3.44. The number of carbonyl (C=O) groups excluding carboxylic acids is 1. The first-order valence-corrected chi connectivity index (χ1v) is 8.05. The van der Waals surface area contributed by atoms with Gasteiger partial charge in [-0.05, 0) is 36.5 Å². The molecule has 0 radical (unpaired) electrons. The van der Waals surface area contributed by atoms with Crippen LogP contribution in [0.3, 0.4) is 0 Å². The summed E-state index contributed by atoms with van der Waals surface area (Å²) < 4.78 is 18.7. The third-order valence-corrected chi connectivity index (χ3v) is 4.28. The molecule has 1 saturated heterocycles. The second-order valence-electron chi connectivity index (χ2n) is 6.36. The van der Waals surface area contributed by atoms with E-state index in [-0.39, 0.29) is 24.2 Å². The number of rotatable bonds is 4. The van der Waals surface area contributed by atoms with Crippen LogP contribution in [0.25, 0.3) is 0 Å². The van der Waals surface area contributed by atoms with Gasteiger partial charge in [0.15, 0.2) is 5.76 Å². The van der Waals surface area contributed by atoms with E-state index in [4.69, 9.17) is 4.52 Å². The lowest BCUT2D eigenvalue weighted by atomic mass is 10.1. The zero-order valence-electron chi connectivity index (χ0n) is 13.5. The topological polar surface area (TPSA) is 46.3 Å². The molecule has 2 heterocycles. The number of amides is 1. The van der Waals surface area contributed by atoms with Gasteiger partial charge in [-0.1, -0.05) is 31.1 Å². The minimum atomic E-state index is -0.315. The van der Waals surface area contributed by atoms with Gasteiger partial charge in [0.25, 0.3) is 0 Å². The van der Waals surface area contributed by atoms with Crippen molar-refractivity contribution < 1.29 is 13.7 Å². The summed E-state index contributed by atoms with van der Waals surface area (Å²) in [6.45, 7) is 4.82. The molecule has 1 aromatic carbocycles. The summed E-state index contributed by atoms with van der Waals surface area (Å²) >= 11 is 0. The molecule has 3 rings (SSSR count). The Kier molecular flexibility index (Phi) is 4.46. The lowest BCUT2D eigenvalue weighted by molar-refractivity contribution is -0.131. The Balaban J connectivity index is 1.74. The van der Waals surface area contributed by atoms with Crippen LogP contribution in [0.2, 0.25) is 0 Å². The highest BCUT2D eigenvalue weighted by Crippen LogP contribution is 2.33. The first kappa shape index (κ1) is 15.7. The monoisotopic (exact) mass is 316 g/mol. The number of likely N-dealkylation sites (tertiary alicyclic amines) is 1. The summed E-state index contributed by atoms with van der Waals surface area (Å²) in [4.78, 5) is 14.4. The van der Waals surface area contributed by atoms with Crippen LogP contribution in [0.5, 0.6) is 0 Å². The lowest BCUT2D eigenvalue weighted by Crippen LogP contribution is -2.31. The van der Waals surface area contributed by atoms with Crippen molar-refractivity contribution in [3.8, 4) is 0 Å². The number of hydrogen-bond acceptors (Lipinski definition) is 3. The molecule has 1 aromatic heterocycles. The van der Waals surface area contributed by atoms with Crippen molar-refractivity contribution in [3.63, 3.8) is 0 Å². The van der Waals surface area contributed by atoms with E-state index in [9.17, 15) is 9.18 Å². The van der Waals surface area contributed by atoms with Crippen molar-refractivity contribution in [2.24, 2.45) is 0 Å². The molecular formula is C18H21FN2O2. The van der Waals surface area contributed by atoms with E-state index in [1.807, 2.05) is 11.0 Å². The predicted octanol–water partition coefficient (Wildman–Crippen LogP) is 3.84. The number of aromatic nitrogens is 1. The molecule has 23 heavy (non-hydrogen) atoms. The molecule has 0 saturated carbocycles. The molecule has 1 amide bonds. The average Bonchev–Trinajstić information content (AvgIpc) is 3.16. The minimum Gasteiger partial charge on any atom is -0.359 e. The van der Waals surface area contributed by atoms with Crippen LogP contribution in [0.15, 0.2) is 34.9 Å². The molecule has 5 heteroatoms. The van der Waals surface area contributed by atoms with Gasteiger partial charge in [0.05, 0.1) is 18.2 Å². The van der Waals surface area contributed by atoms with E-state index in [0.29, 0.717) is 18.0 Å². The second-order valence-corrected chi connectivity index (χ2v) is 6.36. The maximum absolute atomic E-state index is 13.3. The minimum absolute atomic E-state index is 0.000553. The summed E-state index contributed by atoms with van der Waals surface area (Å²) in [6.07, 6.45) is 2.03. The first-order valence-electron chi connectivity index (χ1n) is 8.05. The number of nitrogens with zero attached hydrogens (tertiary/aromatic N) is 2. The Morgan fingerprint density at radius 3 is 2.96 bits per heavy atom. The molecule has 4 nitrogen and oxygen atoms in total. The smallest absolute Gasteiger partial charge is 0.227 e. The number of halogens is 1. The van der Waals surface area contributed by atoms with Crippen LogP contribution in [0, 0.1) is 5.82 Å². The van der Waals surface area contributed by atoms with E-state index in [2.05, 4.69) is 19.0 Å². The standard InChI is InChI=1S/C18H21FN2O2/c1-12(2)15-11-17(23-20-15)16-7-4-8-21(16)18(22)10-13-5-3-6-14(19)9-13/h3,5-6,9,11-12,16H,4,7-8,10H2,1-2H3/t16-/m1/s1. The summed E-state index contributed by atoms with van der Waals surface area (Å²) in [7, 11) is 0. The molecule has 0 bridgehead atoms. The van der Waals surface area contributed by atoms with Crippen molar-refractivity contribution in [1.82, 2.24) is 10.1 Å². The third-order valence-electron chi connectivity index (χ3n) is 4.28. The molecule has 2 aromatic rings. The van der Waals surface area contributed by atoms with Crippen molar-refractivity contribution in [1.29, 1.82) is 0 Å². The Morgan fingerprint density at radius 2 is 2.26 bits per heavy atom. The van der Waals surface area contributed by atoms with Gasteiger partial charge in [-0.2, -0.15) is 0 Å². The van der Waals surface area contributed by atoms with Gasteiger partial charge in [0, 0.05) is 12.6 Å². The molecule has 1 aliphatic heterocycles. The highest BCUT2D eigenvalue weighted by Gasteiger charge is 2.32. The lowest BCUT2D eigenvalue weighted by Gasteiger charge is -2.22. The SMILES string of the molecule is CC(C)c1cc([C@H]2CCCN2C(=O)Cc2cccc(F)c2)on1. The van der Waals surface area contributed by atoms with Crippen LogP contribution in [-0.4, -0.2) is 22.5 Å². The summed E-state index contributed by atoms with van der Waals surface area (Å²) in [5, 5.41) is 4.09. The van der Waals surface area contributed by atoms with Crippen molar-refractivity contribution in [2.45, 2.75) is 45.1 Å². The largest absolute Gasteiger partial charge is 0.359 e. The highest BCUT2D eigenvalue weighted by molar-refractivity contribution is 5.79. The maximum Gasteiger partial charge on any atom is 0.227 e. The molecule has 1 atom stereocenters. The van der Waals surface area contributed by atoms with Gasteiger partial charge in [0.1, 0.15) is 5.82 Å². The van der Waals surface area contributed by atoms with Crippen molar-refractivity contribution in [3.05, 3.63) is 53.2 Å². The zero-order chi connectivity index (χ0) is 16.4. The van der Waals surface area contributed by atoms with Crippen LogP contribution >= 0.6 is 0 Å². The normalized spacial score (nSPS) is 17.9. The van der Waals surface area contributed by atoms with E-state index in [1.54, 1.807) is 12.1 Å². The van der Waals surface area contributed by atoms with Crippen molar-refractivity contribution in [2.75, 3.05) is 6.54 Å². The number of benzene rings is 1. The second kappa shape index (κ2) is 6.52. The maximum atomic E-state index is 13.3. The Hall–Kier alpha value is -2.17. The summed E-state index contributed by atoms with van der Waals surface area (Å²) in [6, 6.07) is 8.09. The highest BCUT2D eigenvalue weighted by atomic mass is 19.1. The van der Waals surface area contributed by atoms with Gasteiger partial charge >= 0.3 is 0 Å². The predicted molar refractivity (Wildman–Crippen MR) is 84.4 cm³/mol. The molecule has 1 aliphatic rings. The average molecular weight is 316 g/mol. The fourth-order valence-corrected chi connectivity index (χ4v) is 3.02. The number of carbonyl (C=O) groups is 1. The summed E-state index contributed by atoms with van der Waals surface area (Å²) in [5.74, 6) is 0.731. The van der Waals surface area contributed by atoms with Gasteiger partial charge in [0.2, 0.25) is 5.91 Å². The first-order chi connectivity index (χ1) is 11.0. The number of hydrogen-bond donors (Lipinski definition) is 0. The molecular weight excluding hydrogens is 295 g/mol. The molecule has 0 unspecified atom stereocenters. The molecule has 1 fully saturated rings. The van der Waals surface area contributed by atoms with Gasteiger partial charge in [-0.15, -0.1) is 0 Å². The van der Waals surface area contributed by atoms with Gasteiger partial charge in [-0.25, -0.2) is 4.39 Å². The van der Waals surface area contributed by atoms with Gasteiger partial charge in [-0.3, -0.25) is 4.79 Å². The molecule has 0 N–H and O–H groups in total. The van der Waals surface area contributed by atoms with E-state index >= 15 is 0 Å². The van der Waals surface area contributed by atoms with Crippen LogP contribution < -0.4 is 0 Å². The van der Waals surface area contributed by atoms with Gasteiger partial charge < -0.3 is 9.42 Å². The van der Waals surface area contributed by atoms with E-state index < -0.39 is 0 Å². The van der Waals surface area contributed by atoms with Crippen LogP contribution in [0.1, 0.15) is 55.7 Å². The van der Waals surface area contributed by atoms with E-state index in [1.165, 1.54) is 12.1 Å². The Bertz CT molecular complexity index is 696. The van der Waals surface area contributed by atoms with E-state index in [0.717, 1.165) is 24.3 Å². The zero-order valence-corrected chi connectivity index (χ0v) is 13.5. The fraction of sp³-hybridized carbons (Fsp3) is 0.444. The summed E-state index contributed by atoms with van der Waals surface area (Å²) in [5.41, 5.74) is 1.60. The Labute approximate surface area is 135 Å². The molecule has 0 spiro atoms. The van der Waals surface area contributed by atoms with Crippen molar-refractivity contribution >= 4 is 5.91 Å². The van der Waals surface area contributed by atoms with Crippen LogP contribution in [-0.2, 0) is 11.2 Å². The van der Waals surface area contributed by atoms with Crippen LogP contribution in [0.4, 0.5) is 4.39 Å².